The molecule has 3 nitrogen and oxygen atoms in total. The van der Waals surface area contributed by atoms with Gasteiger partial charge < -0.3 is 10.1 Å². The normalized spacial score (nSPS) is 16.3. The van der Waals surface area contributed by atoms with Gasteiger partial charge in [0.25, 0.3) is 0 Å². The number of ether oxygens (including phenoxy) is 1. The van der Waals surface area contributed by atoms with Gasteiger partial charge in [0.2, 0.25) is 0 Å². The maximum atomic E-state index is 5.39. The molecule has 4 rings (SSSR count). The molecule has 1 aliphatic heterocycles. The van der Waals surface area contributed by atoms with Crippen LogP contribution in [0.5, 0.6) is 5.75 Å². The van der Waals surface area contributed by atoms with E-state index in [-0.39, 0.29) is 0 Å². The molecule has 0 bridgehead atoms. The molecule has 0 amide bonds. The van der Waals surface area contributed by atoms with Crippen molar-refractivity contribution in [3.8, 4) is 16.9 Å². The molecule has 0 saturated carbocycles. The van der Waals surface area contributed by atoms with Crippen molar-refractivity contribution in [2.75, 3.05) is 13.7 Å². The summed E-state index contributed by atoms with van der Waals surface area (Å²) < 4.78 is 5.39. The third-order valence-corrected chi connectivity index (χ3v) is 5.65. The zero-order valence-corrected chi connectivity index (χ0v) is 17.0. The number of nitrogens with one attached hydrogen (secondary N) is 1. The standard InChI is InChI=1S/C26H28N2O/c1-29-25-12-6-9-22(18-25)26-14-15-27-19-23(26)10-5-11-24-17-21(13-16-28-24)20-7-3-2-4-8-20/h2-4,6-9,12-15,18-19,24,28H,5,10-11,16-17H2,1H3. The molecule has 148 valence electrons. The van der Waals surface area contributed by atoms with Crippen LogP contribution in [-0.2, 0) is 6.42 Å². The Balaban J connectivity index is 1.38. The molecule has 1 unspecified atom stereocenters. The van der Waals surface area contributed by atoms with E-state index in [0.29, 0.717) is 6.04 Å². The van der Waals surface area contributed by atoms with Gasteiger partial charge >= 0.3 is 0 Å². The zero-order chi connectivity index (χ0) is 19.9. The van der Waals surface area contributed by atoms with Crippen LogP contribution in [-0.4, -0.2) is 24.7 Å². The Hall–Kier alpha value is -2.91. The number of aromatic nitrogens is 1. The maximum Gasteiger partial charge on any atom is 0.119 e. The quantitative estimate of drug-likeness (QED) is 0.582. The van der Waals surface area contributed by atoms with E-state index in [1.54, 1.807) is 7.11 Å². The van der Waals surface area contributed by atoms with Gasteiger partial charge in [0.15, 0.2) is 0 Å². The molecule has 29 heavy (non-hydrogen) atoms. The molecule has 0 aliphatic carbocycles. The van der Waals surface area contributed by atoms with Crippen molar-refractivity contribution in [1.29, 1.82) is 0 Å². The Morgan fingerprint density at radius 2 is 1.90 bits per heavy atom. The Bertz CT molecular complexity index is 965. The molecule has 2 heterocycles. The van der Waals surface area contributed by atoms with Gasteiger partial charge in [-0.05, 0) is 71.7 Å². The summed E-state index contributed by atoms with van der Waals surface area (Å²) >= 11 is 0. The van der Waals surface area contributed by atoms with Gasteiger partial charge in [0.1, 0.15) is 5.75 Å². The van der Waals surface area contributed by atoms with Crippen LogP contribution in [0, 0.1) is 0 Å². The van der Waals surface area contributed by atoms with Crippen LogP contribution in [0.4, 0.5) is 0 Å². The van der Waals surface area contributed by atoms with Gasteiger partial charge in [0.05, 0.1) is 7.11 Å². The van der Waals surface area contributed by atoms with E-state index in [2.05, 4.69) is 64.9 Å². The number of aryl methyl sites for hydroxylation is 1. The summed E-state index contributed by atoms with van der Waals surface area (Å²) in [5.41, 5.74) is 6.56. The minimum absolute atomic E-state index is 0.534. The van der Waals surface area contributed by atoms with Crippen LogP contribution in [0.2, 0.25) is 0 Å². The first-order valence-electron chi connectivity index (χ1n) is 10.4. The van der Waals surface area contributed by atoms with Crippen LogP contribution in [0.25, 0.3) is 16.7 Å². The lowest BCUT2D eigenvalue weighted by molar-refractivity contribution is 0.415. The molecular formula is C26H28N2O. The molecule has 3 aromatic rings. The number of nitrogens with zero attached hydrogens (tertiary/aromatic N) is 1. The second-order valence-corrected chi connectivity index (χ2v) is 7.56. The Morgan fingerprint density at radius 1 is 1.03 bits per heavy atom. The second kappa shape index (κ2) is 9.53. The van der Waals surface area contributed by atoms with Crippen LogP contribution in [0.3, 0.4) is 0 Å². The molecule has 3 heteroatoms. The van der Waals surface area contributed by atoms with Gasteiger partial charge in [-0.25, -0.2) is 0 Å². The largest absolute Gasteiger partial charge is 0.497 e. The minimum atomic E-state index is 0.534. The zero-order valence-electron chi connectivity index (χ0n) is 17.0. The fraction of sp³-hybridized carbons (Fsp3) is 0.269. The van der Waals surface area contributed by atoms with E-state index in [9.17, 15) is 0 Å². The first-order valence-corrected chi connectivity index (χ1v) is 10.4. The summed E-state index contributed by atoms with van der Waals surface area (Å²) in [7, 11) is 1.71. The highest BCUT2D eigenvalue weighted by Crippen LogP contribution is 2.28. The van der Waals surface area contributed by atoms with Crippen LogP contribution < -0.4 is 10.1 Å². The summed E-state index contributed by atoms with van der Waals surface area (Å²) in [6, 6.07) is 21.7. The smallest absolute Gasteiger partial charge is 0.119 e. The average Bonchev–Trinajstić information content (AvgIpc) is 2.80. The highest BCUT2D eigenvalue weighted by molar-refractivity contribution is 5.68. The fourth-order valence-electron chi connectivity index (χ4n) is 4.10. The first-order chi connectivity index (χ1) is 14.3. The van der Waals surface area contributed by atoms with Gasteiger partial charge in [-0.15, -0.1) is 0 Å². The predicted octanol–water partition coefficient (Wildman–Crippen LogP) is 5.53. The Kier molecular flexibility index (Phi) is 6.38. The average molecular weight is 385 g/mol. The van der Waals surface area contributed by atoms with E-state index in [1.807, 2.05) is 24.5 Å². The Morgan fingerprint density at radius 3 is 2.76 bits per heavy atom. The van der Waals surface area contributed by atoms with Crippen molar-refractivity contribution in [2.45, 2.75) is 31.7 Å². The highest BCUT2D eigenvalue weighted by atomic mass is 16.5. The van der Waals surface area contributed by atoms with Crippen molar-refractivity contribution in [3.63, 3.8) is 0 Å². The van der Waals surface area contributed by atoms with E-state index in [0.717, 1.165) is 38.0 Å². The van der Waals surface area contributed by atoms with Gasteiger partial charge in [0, 0.05) is 25.0 Å². The lowest BCUT2D eigenvalue weighted by Crippen LogP contribution is -2.32. The SMILES string of the molecule is COc1cccc(-c2ccncc2CCCC2CC(c3ccccc3)=CCN2)c1. The van der Waals surface area contributed by atoms with Gasteiger partial charge in [-0.2, -0.15) is 0 Å². The number of methoxy groups -OCH3 is 1. The number of rotatable bonds is 7. The molecule has 0 spiro atoms. The maximum absolute atomic E-state index is 5.39. The lowest BCUT2D eigenvalue weighted by Gasteiger charge is -2.24. The van der Waals surface area contributed by atoms with Crippen molar-refractivity contribution in [1.82, 2.24) is 10.3 Å². The lowest BCUT2D eigenvalue weighted by atomic mass is 9.91. The number of hydrogen-bond acceptors (Lipinski definition) is 3. The first kappa shape index (κ1) is 19.4. The summed E-state index contributed by atoms with van der Waals surface area (Å²) in [4.78, 5) is 4.37. The van der Waals surface area contributed by atoms with Gasteiger partial charge in [-0.3, -0.25) is 4.98 Å². The second-order valence-electron chi connectivity index (χ2n) is 7.56. The molecule has 1 N–H and O–H groups in total. The third kappa shape index (κ3) is 4.93. The van der Waals surface area contributed by atoms with Crippen molar-refractivity contribution in [3.05, 3.63) is 90.3 Å². The molecule has 1 aromatic heterocycles. The van der Waals surface area contributed by atoms with Crippen LogP contribution in [0.1, 0.15) is 30.4 Å². The van der Waals surface area contributed by atoms with Crippen molar-refractivity contribution < 1.29 is 4.74 Å². The van der Waals surface area contributed by atoms with E-state index >= 15 is 0 Å². The van der Waals surface area contributed by atoms with E-state index in [1.165, 1.54) is 27.8 Å². The van der Waals surface area contributed by atoms with Crippen molar-refractivity contribution in [2.24, 2.45) is 0 Å². The van der Waals surface area contributed by atoms with Crippen LogP contribution in [0.15, 0.2) is 79.1 Å². The fourth-order valence-corrected chi connectivity index (χ4v) is 4.10. The summed E-state index contributed by atoms with van der Waals surface area (Å²) in [5.74, 6) is 0.886. The van der Waals surface area contributed by atoms with Crippen LogP contribution >= 0.6 is 0 Å². The molecule has 1 atom stereocenters. The number of pyridine rings is 1. The summed E-state index contributed by atoms with van der Waals surface area (Å²) in [6.45, 7) is 0.955. The molecule has 0 saturated heterocycles. The number of hydrogen-bond donors (Lipinski definition) is 1. The number of benzene rings is 2. The highest BCUT2D eigenvalue weighted by Gasteiger charge is 2.16. The third-order valence-electron chi connectivity index (χ3n) is 5.65. The minimum Gasteiger partial charge on any atom is -0.497 e. The molecule has 0 radical (unpaired) electrons. The van der Waals surface area contributed by atoms with Crippen molar-refractivity contribution >= 4 is 5.57 Å². The monoisotopic (exact) mass is 384 g/mol. The van der Waals surface area contributed by atoms with Gasteiger partial charge in [-0.1, -0.05) is 48.5 Å². The predicted molar refractivity (Wildman–Crippen MR) is 120 cm³/mol. The summed E-state index contributed by atoms with van der Waals surface area (Å²) in [6.07, 6.45) is 10.6. The van der Waals surface area contributed by atoms with E-state index in [4.69, 9.17) is 4.74 Å². The molecule has 0 fully saturated rings. The Labute approximate surface area is 173 Å². The topological polar surface area (TPSA) is 34.1 Å². The summed E-state index contributed by atoms with van der Waals surface area (Å²) in [5, 5.41) is 3.66. The molecule has 1 aliphatic rings. The molecular weight excluding hydrogens is 356 g/mol. The van der Waals surface area contributed by atoms with E-state index < -0.39 is 0 Å². The molecule has 2 aromatic carbocycles.